The Kier molecular flexibility index (Phi) is 5.72. The first-order chi connectivity index (χ1) is 7.00. The first-order valence-electron chi connectivity index (χ1n) is 3.15. The Morgan fingerprint density at radius 2 is 0.833 bits per heavy atom. The van der Waals surface area contributed by atoms with Gasteiger partial charge in [-0.3, -0.25) is 0 Å². The Balaban J connectivity index is 0. The molecule has 0 saturated carbocycles. The molecule has 0 unspecified atom stereocenters. The zero-order valence-corrected chi connectivity index (χ0v) is 10.9. The summed E-state index contributed by atoms with van der Waals surface area (Å²) in [6, 6.07) is 0. The van der Waals surface area contributed by atoms with Crippen LogP contribution in [0.1, 0.15) is 0 Å². The van der Waals surface area contributed by atoms with Gasteiger partial charge in [0.25, 0.3) is 0 Å². The van der Waals surface area contributed by atoms with Gasteiger partial charge in [-0.05, 0) is 0 Å². The Morgan fingerprint density at radius 3 is 0.833 bits per heavy atom. The number of halogens is 9. The second-order valence-corrected chi connectivity index (χ2v) is 4.15. The fraction of sp³-hybridized carbons (Fsp3) is 1.00. The van der Waals surface area contributed by atoms with Crippen LogP contribution >= 0.6 is 0 Å². The average molecular weight is 322 g/mol. The molecule has 0 aromatic heterocycles. The van der Waals surface area contributed by atoms with Crippen LogP contribution in [0.5, 0.6) is 0 Å². The third-order valence-corrected chi connectivity index (χ3v) is 3.02. The van der Waals surface area contributed by atoms with Crippen LogP contribution in [-0.4, -0.2) is 36.2 Å². The van der Waals surface area contributed by atoms with Gasteiger partial charge in [0.15, 0.2) is 0 Å². The standard InChI is InChI=1S/C4HF9O3S.Na/c5-2(6,7)1(3(8,9)10,4(11,12)13)17(14,15)16;/h(H,14,15,16);/q;+1/p-1. The number of hydrogen-bond donors (Lipinski definition) is 0. The van der Waals surface area contributed by atoms with E-state index >= 15 is 0 Å². The molecule has 0 heterocycles. The molecule has 0 N–H and O–H groups in total. The first-order valence-corrected chi connectivity index (χ1v) is 4.56. The molecule has 0 rings (SSSR count). The zero-order chi connectivity index (χ0) is 14.5. The van der Waals surface area contributed by atoms with Crippen LogP contribution in [0.2, 0.25) is 0 Å². The van der Waals surface area contributed by atoms with Gasteiger partial charge in [-0.2, -0.15) is 39.5 Å². The summed E-state index contributed by atoms with van der Waals surface area (Å²) in [7, 11) is -7.82. The third-order valence-electron chi connectivity index (χ3n) is 1.57. The summed E-state index contributed by atoms with van der Waals surface area (Å²) in [4.78, 5) is 0. The molecule has 0 aromatic carbocycles. The predicted molar refractivity (Wildman–Crippen MR) is 30.6 cm³/mol. The summed E-state index contributed by atoms with van der Waals surface area (Å²) < 4.78 is 129. The van der Waals surface area contributed by atoms with E-state index in [4.69, 9.17) is 0 Å². The van der Waals surface area contributed by atoms with Gasteiger partial charge < -0.3 is 4.55 Å². The van der Waals surface area contributed by atoms with Gasteiger partial charge in [0.2, 0.25) is 0 Å². The molecule has 0 spiro atoms. The SMILES string of the molecule is O=S(=O)([O-])C(C(F)(F)F)(C(F)(F)F)C(F)(F)F.[Na+]. The van der Waals surface area contributed by atoms with E-state index in [0.29, 0.717) is 0 Å². The Labute approximate surface area is 115 Å². The summed E-state index contributed by atoms with van der Waals surface area (Å²) in [5.74, 6) is 0. The molecule has 18 heavy (non-hydrogen) atoms. The van der Waals surface area contributed by atoms with Crippen molar-refractivity contribution in [2.24, 2.45) is 0 Å². The zero-order valence-electron chi connectivity index (χ0n) is 8.03. The van der Waals surface area contributed by atoms with Crippen LogP contribution < -0.4 is 29.6 Å². The molecule has 0 aliphatic carbocycles. The van der Waals surface area contributed by atoms with E-state index in [1.807, 2.05) is 0 Å². The molecular formula is C4F9NaO3S. The maximum absolute atomic E-state index is 11.8. The van der Waals surface area contributed by atoms with Crippen molar-refractivity contribution in [1.29, 1.82) is 0 Å². The molecule has 0 aliphatic heterocycles. The van der Waals surface area contributed by atoms with E-state index in [-0.39, 0.29) is 29.6 Å². The topological polar surface area (TPSA) is 57.2 Å². The van der Waals surface area contributed by atoms with Gasteiger partial charge in [0.05, 0.1) is 0 Å². The molecule has 0 saturated heterocycles. The van der Waals surface area contributed by atoms with Crippen LogP contribution in [0, 0.1) is 0 Å². The van der Waals surface area contributed by atoms with Gasteiger partial charge in [0, 0.05) is 0 Å². The van der Waals surface area contributed by atoms with Gasteiger partial charge in [-0.15, -0.1) is 0 Å². The summed E-state index contributed by atoms with van der Waals surface area (Å²) >= 11 is 0. The van der Waals surface area contributed by atoms with E-state index in [0.717, 1.165) is 0 Å². The van der Waals surface area contributed by atoms with Crippen LogP contribution in [0.15, 0.2) is 0 Å². The summed E-state index contributed by atoms with van der Waals surface area (Å²) in [5, 5.41) is 0. The normalized spacial score (nSPS) is 15.2. The minimum Gasteiger partial charge on any atom is -0.747 e. The monoisotopic (exact) mass is 322 g/mol. The first kappa shape index (κ1) is 20.6. The van der Waals surface area contributed by atoms with Crippen molar-refractivity contribution >= 4 is 10.1 Å². The second kappa shape index (κ2) is 5.00. The molecule has 0 amide bonds. The molecule has 0 atom stereocenters. The smallest absolute Gasteiger partial charge is 0.747 e. The van der Waals surface area contributed by atoms with E-state index in [9.17, 15) is 52.5 Å². The fourth-order valence-corrected chi connectivity index (χ4v) is 1.76. The second-order valence-electron chi connectivity index (χ2n) is 2.63. The summed E-state index contributed by atoms with van der Waals surface area (Å²) in [6.07, 6.45) is -22.2. The van der Waals surface area contributed by atoms with Crippen LogP contribution in [0.3, 0.4) is 0 Å². The third kappa shape index (κ3) is 2.89. The fourth-order valence-electron chi connectivity index (χ4n) is 0.907. The van der Waals surface area contributed by atoms with Gasteiger partial charge >= 0.3 is 52.8 Å². The quantitative estimate of drug-likeness (QED) is 0.352. The van der Waals surface area contributed by atoms with E-state index < -0.39 is 33.4 Å². The molecular weight excluding hydrogens is 322 g/mol. The van der Waals surface area contributed by atoms with E-state index in [2.05, 4.69) is 0 Å². The molecule has 3 nitrogen and oxygen atoms in total. The van der Waals surface area contributed by atoms with Crippen LogP contribution in [0.4, 0.5) is 39.5 Å². The Morgan fingerprint density at radius 1 is 0.667 bits per heavy atom. The van der Waals surface area contributed by atoms with Crippen LogP contribution in [0.25, 0.3) is 0 Å². The van der Waals surface area contributed by atoms with Crippen molar-refractivity contribution in [3.63, 3.8) is 0 Å². The van der Waals surface area contributed by atoms with Gasteiger partial charge in [-0.1, -0.05) is 0 Å². The molecule has 0 radical (unpaired) electrons. The molecule has 104 valence electrons. The van der Waals surface area contributed by atoms with Gasteiger partial charge in [-0.25, -0.2) is 8.42 Å². The van der Waals surface area contributed by atoms with Crippen molar-refractivity contribution in [3.05, 3.63) is 0 Å². The number of hydrogen-bond acceptors (Lipinski definition) is 3. The van der Waals surface area contributed by atoms with Gasteiger partial charge in [0.1, 0.15) is 10.1 Å². The molecule has 14 heteroatoms. The molecule has 0 aliphatic rings. The minimum absolute atomic E-state index is 0. The van der Waals surface area contributed by atoms with Crippen LogP contribution in [-0.2, 0) is 10.1 Å². The van der Waals surface area contributed by atoms with Crippen molar-refractivity contribution < 1.29 is 82.0 Å². The molecule has 0 fully saturated rings. The Bertz CT molecular complexity index is 353. The molecule has 0 aromatic rings. The van der Waals surface area contributed by atoms with Crippen molar-refractivity contribution in [1.82, 2.24) is 0 Å². The number of rotatable bonds is 1. The van der Waals surface area contributed by atoms with Crippen molar-refractivity contribution in [2.45, 2.75) is 23.3 Å². The minimum atomic E-state index is -7.82. The Hall–Kier alpha value is 0.280. The average Bonchev–Trinajstić information content (AvgIpc) is 1.67. The predicted octanol–water partition coefficient (Wildman–Crippen LogP) is -1.04. The largest absolute Gasteiger partial charge is 1.00 e. The van der Waals surface area contributed by atoms with Crippen molar-refractivity contribution in [2.75, 3.05) is 0 Å². The van der Waals surface area contributed by atoms with Crippen molar-refractivity contribution in [3.8, 4) is 0 Å². The van der Waals surface area contributed by atoms with E-state index in [1.165, 1.54) is 0 Å². The molecule has 0 bridgehead atoms. The van der Waals surface area contributed by atoms with E-state index in [1.54, 1.807) is 0 Å². The summed E-state index contributed by atoms with van der Waals surface area (Å²) in [5.41, 5.74) is 0. The number of alkyl halides is 9. The maximum Gasteiger partial charge on any atom is 1.00 e. The summed E-state index contributed by atoms with van der Waals surface area (Å²) in [6.45, 7) is 0. The maximum atomic E-state index is 11.8.